The molecule has 4 nitrogen and oxygen atoms in total. The van der Waals surface area contributed by atoms with E-state index in [2.05, 4.69) is 0 Å². The SMILES string of the molecule is CCOC(=O)C1=CCC(C(=O)OCC)(c2ccccc2)C(c2ccccc2)=C1. The molecule has 0 aromatic heterocycles. The molecule has 0 saturated carbocycles. The first-order valence-electron chi connectivity index (χ1n) is 9.51. The van der Waals surface area contributed by atoms with Crippen LogP contribution in [0.1, 0.15) is 31.4 Å². The molecule has 28 heavy (non-hydrogen) atoms. The Labute approximate surface area is 165 Å². The minimum absolute atomic E-state index is 0.282. The van der Waals surface area contributed by atoms with Gasteiger partial charge in [0.15, 0.2) is 0 Å². The smallest absolute Gasteiger partial charge is 0.337 e. The number of hydrogen-bond acceptors (Lipinski definition) is 4. The largest absolute Gasteiger partial charge is 0.465 e. The van der Waals surface area contributed by atoms with Gasteiger partial charge in [-0.25, -0.2) is 4.79 Å². The lowest BCUT2D eigenvalue weighted by atomic mass is 9.66. The van der Waals surface area contributed by atoms with Gasteiger partial charge in [0, 0.05) is 0 Å². The van der Waals surface area contributed by atoms with Crippen LogP contribution in [0.3, 0.4) is 0 Å². The van der Waals surface area contributed by atoms with Crippen LogP contribution in [0.15, 0.2) is 78.4 Å². The second-order valence-corrected chi connectivity index (χ2v) is 6.50. The molecule has 1 aliphatic rings. The average Bonchev–Trinajstić information content (AvgIpc) is 2.75. The third-order valence-corrected chi connectivity index (χ3v) is 4.87. The van der Waals surface area contributed by atoms with E-state index in [1.54, 1.807) is 26.0 Å². The van der Waals surface area contributed by atoms with Gasteiger partial charge in [-0.1, -0.05) is 66.7 Å². The van der Waals surface area contributed by atoms with Gasteiger partial charge >= 0.3 is 11.9 Å². The molecule has 3 rings (SSSR count). The van der Waals surface area contributed by atoms with Gasteiger partial charge in [-0.3, -0.25) is 4.79 Å². The first-order valence-corrected chi connectivity index (χ1v) is 9.51. The van der Waals surface area contributed by atoms with E-state index in [4.69, 9.17) is 9.47 Å². The summed E-state index contributed by atoms with van der Waals surface area (Å²) in [5, 5.41) is 0. The molecular formula is C24H24O4. The molecule has 0 heterocycles. The van der Waals surface area contributed by atoms with Gasteiger partial charge in [0.05, 0.1) is 18.8 Å². The molecule has 0 radical (unpaired) electrons. The maximum Gasteiger partial charge on any atom is 0.337 e. The van der Waals surface area contributed by atoms with Crippen molar-refractivity contribution in [2.45, 2.75) is 25.7 Å². The molecule has 1 aliphatic carbocycles. The number of esters is 2. The van der Waals surface area contributed by atoms with E-state index in [-0.39, 0.29) is 18.5 Å². The standard InChI is InChI=1S/C24H24O4/c1-3-27-22(25)19-15-16-24(23(26)28-4-2,20-13-9-6-10-14-20)21(17-19)18-11-7-5-8-12-18/h5-15,17H,3-4,16H2,1-2H3. The van der Waals surface area contributed by atoms with Gasteiger partial charge in [0.2, 0.25) is 0 Å². The van der Waals surface area contributed by atoms with Crippen molar-refractivity contribution < 1.29 is 19.1 Å². The van der Waals surface area contributed by atoms with Crippen molar-refractivity contribution in [1.82, 2.24) is 0 Å². The van der Waals surface area contributed by atoms with Crippen molar-refractivity contribution >= 4 is 17.5 Å². The first kappa shape index (κ1) is 19.6. The number of allylic oxidation sites excluding steroid dienone is 1. The lowest BCUT2D eigenvalue weighted by Gasteiger charge is -2.36. The van der Waals surface area contributed by atoms with Crippen LogP contribution < -0.4 is 0 Å². The van der Waals surface area contributed by atoms with Crippen LogP contribution in [-0.2, 0) is 24.5 Å². The Bertz CT molecular complexity index is 897. The first-order chi connectivity index (χ1) is 13.6. The summed E-state index contributed by atoms with van der Waals surface area (Å²) < 4.78 is 10.7. The molecule has 1 unspecified atom stereocenters. The molecular weight excluding hydrogens is 352 g/mol. The second kappa shape index (κ2) is 8.70. The van der Waals surface area contributed by atoms with E-state index in [1.165, 1.54) is 0 Å². The maximum absolute atomic E-state index is 13.3. The van der Waals surface area contributed by atoms with E-state index in [0.717, 1.165) is 16.7 Å². The van der Waals surface area contributed by atoms with Crippen molar-refractivity contribution in [3.8, 4) is 0 Å². The predicted molar refractivity (Wildman–Crippen MR) is 109 cm³/mol. The molecule has 0 spiro atoms. The van der Waals surface area contributed by atoms with Crippen LogP contribution in [0.5, 0.6) is 0 Å². The zero-order valence-corrected chi connectivity index (χ0v) is 16.2. The van der Waals surface area contributed by atoms with Gasteiger partial charge < -0.3 is 9.47 Å². The third kappa shape index (κ3) is 3.63. The van der Waals surface area contributed by atoms with E-state index in [0.29, 0.717) is 18.6 Å². The van der Waals surface area contributed by atoms with Crippen LogP contribution in [0.4, 0.5) is 0 Å². The van der Waals surface area contributed by atoms with Crippen molar-refractivity contribution in [3.63, 3.8) is 0 Å². The Balaban J connectivity index is 2.22. The number of rotatable bonds is 6. The Kier molecular flexibility index (Phi) is 6.09. The molecule has 0 bridgehead atoms. The summed E-state index contributed by atoms with van der Waals surface area (Å²) in [7, 11) is 0. The van der Waals surface area contributed by atoms with Gasteiger partial charge in [-0.2, -0.15) is 0 Å². The van der Waals surface area contributed by atoms with Crippen LogP contribution in [0.25, 0.3) is 5.57 Å². The molecule has 1 atom stereocenters. The number of hydrogen-bond donors (Lipinski definition) is 0. The highest BCUT2D eigenvalue weighted by Crippen LogP contribution is 2.46. The Morgan fingerprint density at radius 1 is 0.893 bits per heavy atom. The lowest BCUT2D eigenvalue weighted by Crippen LogP contribution is -2.40. The van der Waals surface area contributed by atoms with Crippen molar-refractivity contribution in [2.75, 3.05) is 13.2 Å². The zero-order valence-electron chi connectivity index (χ0n) is 16.2. The monoisotopic (exact) mass is 376 g/mol. The summed E-state index contributed by atoms with van der Waals surface area (Å²) in [6.45, 7) is 4.15. The van der Waals surface area contributed by atoms with Crippen LogP contribution >= 0.6 is 0 Å². The second-order valence-electron chi connectivity index (χ2n) is 6.50. The number of ether oxygens (including phenoxy) is 2. The summed E-state index contributed by atoms with van der Waals surface area (Å²) in [4.78, 5) is 25.7. The fraction of sp³-hybridized carbons (Fsp3) is 0.250. The molecule has 2 aromatic carbocycles. The zero-order chi connectivity index (χ0) is 20.0. The highest BCUT2D eigenvalue weighted by Gasteiger charge is 2.47. The van der Waals surface area contributed by atoms with Gasteiger partial charge in [-0.05, 0) is 43.0 Å². The molecule has 4 heteroatoms. The van der Waals surface area contributed by atoms with Gasteiger partial charge in [-0.15, -0.1) is 0 Å². The molecule has 2 aromatic rings. The van der Waals surface area contributed by atoms with E-state index >= 15 is 0 Å². The fourth-order valence-electron chi connectivity index (χ4n) is 3.58. The summed E-state index contributed by atoms with van der Waals surface area (Å²) in [5.74, 6) is -0.711. The molecule has 144 valence electrons. The highest BCUT2D eigenvalue weighted by atomic mass is 16.5. The normalized spacial score (nSPS) is 18.6. The Morgan fingerprint density at radius 3 is 2.11 bits per heavy atom. The quantitative estimate of drug-likeness (QED) is 0.698. The minimum Gasteiger partial charge on any atom is -0.465 e. The van der Waals surface area contributed by atoms with Crippen molar-refractivity contribution in [3.05, 3.63) is 89.5 Å². The summed E-state index contributed by atoms with van der Waals surface area (Å²) in [5.41, 5.74) is 1.88. The summed E-state index contributed by atoms with van der Waals surface area (Å²) in [6, 6.07) is 19.2. The molecule has 0 fully saturated rings. The molecule has 0 aliphatic heterocycles. The van der Waals surface area contributed by atoms with Gasteiger partial charge in [0.25, 0.3) is 0 Å². The van der Waals surface area contributed by atoms with Gasteiger partial charge in [0.1, 0.15) is 5.41 Å². The number of carbonyl (C=O) groups excluding carboxylic acids is 2. The summed E-state index contributed by atoms with van der Waals surface area (Å²) in [6.07, 6.45) is 3.86. The van der Waals surface area contributed by atoms with Crippen LogP contribution in [0, 0.1) is 0 Å². The summed E-state index contributed by atoms with van der Waals surface area (Å²) >= 11 is 0. The van der Waals surface area contributed by atoms with Crippen LogP contribution in [-0.4, -0.2) is 25.2 Å². The highest BCUT2D eigenvalue weighted by molar-refractivity contribution is 6.05. The lowest BCUT2D eigenvalue weighted by molar-refractivity contribution is -0.148. The maximum atomic E-state index is 13.3. The van der Waals surface area contributed by atoms with Crippen molar-refractivity contribution in [2.24, 2.45) is 0 Å². The Hall–Kier alpha value is -3.14. The molecule has 0 saturated heterocycles. The number of carbonyl (C=O) groups is 2. The number of benzene rings is 2. The van der Waals surface area contributed by atoms with Crippen molar-refractivity contribution in [1.29, 1.82) is 0 Å². The molecule has 0 amide bonds. The predicted octanol–water partition coefficient (Wildman–Crippen LogP) is 4.46. The van der Waals surface area contributed by atoms with E-state index in [1.807, 2.05) is 60.7 Å². The average molecular weight is 376 g/mol. The third-order valence-electron chi connectivity index (χ3n) is 4.87. The van der Waals surface area contributed by atoms with E-state index < -0.39 is 5.41 Å². The topological polar surface area (TPSA) is 52.6 Å². The van der Waals surface area contributed by atoms with Crippen LogP contribution in [0.2, 0.25) is 0 Å². The molecule has 0 N–H and O–H groups in total. The minimum atomic E-state index is -1.02. The Morgan fingerprint density at radius 2 is 1.50 bits per heavy atom. The van der Waals surface area contributed by atoms with E-state index in [9.17, 15) is 9.59 Å². The fourth-order valence-corrected chi connectivity index (χ4v) is 3.58.